The van der Waals surface area contributed by atoms with Crippen molar-refractivity contribution < 1.29 is 9.90 Å². The molecule has 134 valence electrons. The Hall–Kier alpha value is -1.32. The summed E-state index contributed by atoms with van der Waals surface area (Å²) in [6.07, 6.45) is 13.8. The second-order valence-electron chi connectivity index (χ2n) is 6.24. The van der Waals surface area contributed by atoms with Crippen LogP contribution in [0.2, 0.25) is 0 Å². The van der Waals surface area contributed by atoms with Crippen LogP contribution in [-0.2, 0) is 11.2 Å². The Morgan fingerprint density at radius 3 is 2.22 bits per heavy atom. The summed E-state index contributed by atoms with van der Waals surface area (Å²) in [4.78, 5) is 17.9. The van der Waals surface area contributed by atoms with E-state index in [4.69, 9.17) is 5.11 Å². The first-order valence-corrected chi connectivity index (χ1v) is 9.29. The van der Waals surface area contributed by atoms with Crippen LogP contribution in [0.4, 0.5) is 0 Å². The number of carboxylic acid groups (broad SMARTS) is 1. The van der Waals surface area contributed by atoms with E-state index in [1.807, 2.05) is 19.3 Å². The van der Waals surface area contributed by atoms with Crippen molar-refractivity contribution in [3.8, 4) is 0 Å². The molecule has 1 heterocycles. The van der Waals surface area contributed by atoms with Crippen LogP contribution in [0.3, 0.4) is 0 Å². The number of carbonyl (C=O) groups is 1. The maximum Gasteiger partial charge on any atom is 0.306 e. The minimum Gasteiger partial charge on any atom is -0.481 e. The molecule has 1 aromatic heterocycles. The monoisotopic (exact) mass is 324 g/mol. The Balaban J connectivity index is 0.000000438. The van der Waals surface area contributed by atoms with E-state index < -0.39 is 5.97 Å². The molecule has 2 atom stereocenters. The van der Waals surface area contributed by atoms with E-state index in [0.717, 1.165) is 43.8 Å². The number of nitrogens with zero attached hydrogens (tertiary/aromatic N) is 1. The number of unbranched alkanes of at least 4 members (excludes halogenated alkanes) is 2. The third-order valence-electron chi connectivity index (χ3n) is 4.33. The van der Waals surface area contributed by atoms with Crippen LogP contribution in [0.15, 0.2) is 12.4 Å². The molecule has 0 amide bonds. The summed E-state index contributed by atoms with van der Waals surface area (Å²) in [6.45, 7) is 8.52. The van der Waals surface area contributed by atoms with Gasteiger partial charge < -0.3 is 10.1 Å². The van der Waals surface area contributed by atoms with Gasteiger partial charge in [0.25, 0.3) is 0 Å². The summed E-state index contributed by atoms with van der Waals surface area (Å²) in [5, 5.41) is 8.60. The largest absolute Gasteiger partial charge is 0.481 e. The van der Waals surface area contributed by atoms with Crippen molar-refractivity contribution in [1.82, 2.24) is 9.97 Å². The van der Waals surface area contributed by atoms with Gasteiger partial charge in [0.15, 0.2) is 0 Å². The minimum atomic E-state index is -0.643. The zero-order valence-corrected chi connectivity index (χ0v) is 15.5. The number of rotatable bonds is 11. The molecule has 1 rings (SSSR count). The van der Waals surface area contributed by atoms with Crippen LogP contribution in [0.25, 0.3) is 0 Å². The maximum absolute atomic E-state index is 10.4. The first kappa shape index (κ1) is 21.7. The standard InChI is InChI=1S/C11H20N2.C8H16O2/c1-3-5-6-10(4-2)9-11-12-7-8-13-11;1-3-5-6-7(4-2)8(9)10/h7-8,10H,3-6,9H2,1-2H3,(H,12,13);7H,3-6H2,1-2H3,(H,9,10). The summed E-state index contributed by atoms with van der Waals surface area (Å²) in [5.41, 5.74) is 0. The fourth-order valence-corrected chi connectivity index (χ4v) is 2.58. The Morgan fingerprint density at radius 2 is 1.78 bits per heavy atom. The second kappa shape index (κ2) is 14.3. The van der Waals surface area contributed by atoms with Crippen LogP contribution in [0.1, 0.15) is 84.9 Å². The summed E-state index contributed by atoms with van der Waals surface area (Å²) >= 11 is 0. The van der Waals surface area contributed by atoms with Gasteiger partial charge in [0.2, 0.25) is 0 Å². The number of aliphatic carboxylic acids is 1. The van der Waals surface area contributed by atoms with E-state index in [2.05, 4.69) is 30.7 Å². The van der Waals surface area contributed by atoms with E-state index in [-0.39, 0.29) is 5.92 Å². The first-order valence-electron chi connectivity index (χ1n) is 9.29. The quantitative estimate of drug-likeness (QED) is 0.568. The zero-order valence-electron chi connectivity index (χ0n) is 15.5. The number of imidazole rings is 1. The number of hydrogen-bond donors (Lipinski definition) is 2. The molecule has 0 fully saturated rings. The molecule has 1 aromatic rings. The van der Waals surface area contributed by atoms with Crippen LogP contribution >= 0.6 is 0 Å². The molecule has 0 aliphatic heterocycles. The molecule has 2 N–H and O–H groups in total. The SMILES string of the molecule is CCCCC(CC)C(=O)O.CCCCC(CC)Cc1ncc[nH]1. The topological polar surface area (TPSA) is 66.0 Å². The molecule has 0 spiro atoms. The number of hydrogen-bond acceptors (Lipinski definition) is 2. The molecule has 0 aliphatic rings. The molecule has 0 saturated carbocycles. The highest BCUT2D eigenvalue weighted by atomic mass is 16.4. The number of carboxylic acids is 1. The predicted molar refractivity (Wildman–Crippen MR) is 96.5 cm³/mol. The van der Waals surface area contributed by atoms with Crippen molar-refractivity contribution in [2.24, 2.45) is 11.8 Å². The predicted octanol–water partition coefficient (Wildman–Crippen LogP) is 5.46. The van der Waals surface area contributed by atoms with Gasteiger partial charge in [-0.2, -0.15) is 0 Å². The molecule has 2 unspecified atom stereocenters. The summed E-state index contributed by atoms with van der Waals surface area (Å²) in [5.74, 6) is 1.20. The van der Waals surface area contributed by atoms with Gasteiger partial charge in [-0.25, -0.2) is 4.98 Å². The van der Waals surface area contributed by atoms with E-state index >= 15 is 0 Å². The Labute approximate surface area is 142 Å². The molecule has 0 aliphatic carbocycles. The van der Waals surface area contributed by atoms with Crippen LogP contribution in [0.5, 0.6) is 0 Å². The molecule has 4 heteroatoms. The maximum atomic E-state index is 10.4. The van der Waals surface area contributed by atoms with Gasteiger partial charge in [-0.05, 0) is 18.8 Å². The third kappa shape index (κ3) is 10.9. The zero-order chi connectivity index (χ0) is 17.5. The molecular formula is C19H36N2O2. The normalized spacial score (nSPS) is 13.0. The highest BCUT2D eigenvalue weighted by molar-refractivity contribution is 5.69. The highest BCUT2D eigenvalue weighted by Gasteiger charge is 2.12. The summed E-state index contributed by atoms with van der Waals surface area (Å²) in [6, 6.07) is 0. The number of aromatic amines is 1. The summed E-state index contributed by atoms with van der Waals surface area (Å²) < 4.78 is 0. The lowest BCUT2D eigenvalue weighted by molar-refractivity contribution is -0.142. The van der Waals surface area contributed by atoms with Gasteiger partial charge in [0, 0.05) is 18.8 Å². The minimum absolute atomic E-state index is 0.111. The first-order chi connectivity index (χ1) is 11.1. The van der Waals surface area contributed by atoms with Crippen molar-refractivity contribution in [3.05, 3.63) is 18.2 Å². The average Bonchev–Trinajstić information content (AvgIpc) is 3.05. The van der Waals surface area contributed by atoms with Gasteiger partial charge in [-0.3, -0.25) is 4.79 Å². The summed E-state index contributed by atoms with van der Waals surface area (Å²) in [7, 11) is 0. The van der Waals surface area contributed by atoms with E-state index in [9.17, 15) is 4.79 Å². The highest BCUT2D eigenvalue weighted by Crippen LogP contribution is 2.16. The third-order valence-corrected chi connectivity index (χ3v) is 4.33. The Bertz CT molecular complexity index is 377. The van der Waals surface area contributed by atoms with Gasteiger partial charge in [0.1, 0.15) is 5.82 Å². The number of nitrogens with one attached hydrogen (secondary N) is 1. The lowest BCUT2D eigenvalue weighted by atomic mass is 9.96. The molecule has 0 saturated heterocycles. The average molecular weight is 325 g/mol. The fraction of sp³-hybridized carbons (Fsp3) is 0.789. The smallest absolute Gasteiger partial charge is 0.306 e. The molecular weight excluding hydrogens is 288 g/mol. The molecule has 0 radical (unpaired) electrons. The van der Waals surface area contributed by atoms with Crippen LogP contribution in [0, 0.1) is 11.8 Å². The number of aromatic nitrogens is 2. The van der Waals surface area contributed by atoms with Crippen molar-refractivity contribution in [2.75, 3.05) is 0 Å². The number of H-pyrrole nitrogens is 1. The van der Waals surface area contributed by atoms with Crippen molar-refractivity contribution >= 4 is 5.97 Å². The van der Waals surface area contributed by atoms with E-state index in [1.165, 1.54) is 25.7 Å². The van der Waals surface area contributed by atoms with Gasteiger partial charge >= 0.3 is 5.97 Å². The van der Waals surface area contributed by atoms with Gasteiger partial charge in [0.05, 0.1) is 5.92 Å². The van der Waals surface area contributed by atoms with E-state index in [1.54, 1.807) is 0 Å². The Kier molecular flexibility index (Phi) is 13.5. The lowest BCUT2D eigenvalue weighted by Crippen LogP contribution is -2.11. The van der Waals surface area contributed by atoms with Crippen molar-refractivity contribution in [1.29, 1.82) is 0 Å². The fourth-order valence-electron chi connectivity index (χ4n) is 2.58. The van der Waals surface area contributed by atoms with Gasteiger partial charge in [-0.15, -0.1) is 0 Å². The van der Waals surface area contributed by atoms with Crippen LogP contribution < -0.4 is 0 Å². The van der Waals surface area contributed by atoms with Crippen LogP contribution in [-0.4, -0.2) is 21.0 Å². The molecule has 23 heavy (non-hydrogen) atoms. The van der Waals surface area contributed by atoms with Crippen molar-refractivity contribution in [2.45, 2.75) is 85.5 Å². The second-order valence-corrected chi connectivity index (χ2v) is 6.24. The molecule has 0 bridgehead atoms. The molecule has 0 aromatic carbocycles. The molecule has 4 nitrogen and oxygen atoms in total. The van der Waals surface area contributed by atoms with Crippen molar-refractivity contribution in [3.63, 3.8) is 0 Å². The van der Waals surface area contributed by atoms with Gasteiger partial charge in [-0.1, -0.05) is 66.2 Å². The van der Waals surface area contributed by atoms with E-state index in [0.29, 0.717) is 0 Å². The lowest BCUT2D eigenvalue weighted by Gasteiger charge is -2.11. The Morgan fingerprint density at radius 1 is 1.13 bits per heavy atom.